The van der Waals surface area contributed by atoms with E-state index in [1.165, 1.54) is 57.8 Å². The molecule has 0 aromatic rings. The predicted molar refractivity (Wildman–Crippen MR) is 75.2 cm³/mol. The van der Waals surface area contributed by atoms with Gasteiger partial charge in [-0.25, -0.2) is 0 Å². The van der Waals surface area contributed by atoms with Gasteiger partial charge in [0.05, 0.1) is 0 Å². The summed E-state index contributed by atoms with van der Waals surface area (Å²) in [6, 6.07) is 0.831. The Balaban J connectivity index is 1.97. The van der Waals surface area contributed by atoms with Gasteiger partial charge < -0.3 is 5.32 Å². The molecule has 17 heavy (non-hydrogen) atoms. The van der Waals surface area contributed by atoms with Gasteiger partial charge in [-0.15, -0.1) is 0 Å². The Bertz CT molecular complexity index is 214. The fraction of sp³-hybridized carbons (Fsp3) is 1.00. The van der Waals surface area contributed by atoms with E-state index in [1.54, 1.807) is 0 Å². The summed E-state index contributed by atoms with van der Waals surface area (Å²) in [7, 11) is 0. The first-order valence-electron chi connectivity index (χ1n) is 8.04. The zero-order chi connectivity index (χ0) is 12.1. The van der Waals surface area contributed by atoms with Gasteiger partial charge in [0.2, 0.25) is 0 Å². The van der Waals surface area contributed by atoms with Crippen molar-refractivity contribution in [2.24, 2.45) is 17.8 Å². The third kappa shape index (κ3) is 3.71. The fourth-order valence-electron chi connectivity index (χ4n) is 4.29. The van der Waals surface area contributed by atoms with Crippen LogP contribution in [-0.2, 0) is 0 Å². The molecule has 2 rings (SSSR count). The van der Waals surface area contributed by atoms with Crippen molar-refractivity contribution in [1.29, 1.82) is 0 Å². The highest BCUT2D eigenvalue weighted by atomic mass is 14.9. The Hall–Kier alpha value is -0.0400. The number of hydrogen-bond acceptors (Lipinski definition) is 1. The molecule has 0 saturated heterocycles. The van der Waals surface area contributed by atoms with Gasteiger partial charge in [-0.2, -0.15) is 0 Å². The van der Waals surface area contributed by atoms with Gasteiger partial charge in [0, 0.05) is 6.04 Å². The van der Waals surface area contributed by atoms with Crippen LogP contribution in [0.1, 0.15) is 71.6 Å². The van der Waals surface area contributed by atoms with Crippen LogP contribution in [0.2, 0.25) is 0 Å². The van der Waals surface area contributed by atoms with Gasteiger partial charge in [0.15, 0.2) is 0 Å². The van der Waals surface area contributed by atoms with Crippen molar-refractivity contribution in [3.8, 4) is 0 Å². The normalized spacial score (nSPS) is 39.9. The smallest absolute Gasteiger partial charge is 0.00978 e. The van der Waals surface area contributed by atoms with Crippen molar-refractivity contribution in [3.05, 3.63) is 0 Å². The minimum atomic E-state index is 0.831. The molecule has 2 aliphatic rings. The molecule has 0 aromatic heterocycles. The monoisotopic (exact) mass is 237 g/mol. The van der Waals surface area contributed by atoms with Crippen molar-refractivity contribution in [2.45, 2.75) is 77.7 Å². The Morgan fingerprint density at radius 3 is 2.53 bits per heavy atom. The maximum atomic E-state index is 3.79. The van der Waals surface area contributed by atoms with Crippen LogP contribution in [0.25, 0.3) is 0 Å². The van der Waals surface area contributed by atoms with Gasteiger partial charge in [-0.1, -0.05) is 52.4 Å². The van der Waals surface area contributed by atoms with E-state index in [-0.39, 0.29) is 0 Å². The molecule has 0 aliphatic heterocycles. The van der Waals surface area contributed by atoms with Crippen LogP contribution in [0.3, 0.4) is 0 Å². The van der Waals surface area contributed by atoms with E-state index < -0.39 is 0 Å². The molecule has 0 amide bonds. The zero-order valence-corrected chi connectivity index (χ0v) is 11.9. The standard InChI is InChI=1S/C16H31N/c1-3-17-16-11-6-4-5-10-15(16)14-9-7-8-13(2)12-14/h13-17H,3-12H2,1-2H3. The lowest BCUT2D eigenvalue weighted by atomic mass is 9.71. The summed E-state index contributed by atoms with van der Waals surface area (Å²) in [4.78, 5) is 0. The summed E-state index contributed by atoms with van der Waals surface area (Å²) < 4.78 is 0. The summed E-state index contributed by atoms with van der Waals surface area (Å²) in [5.41, 5.74) is 0. The number of hydrogen-bond donors (Lipinski definition) is 1. The van der Waals surface area contributed by atoms with E-state index in [9.17, 15) is 0 Å². The number of nitrogens with one attached hydrogen (secondary N) is 1. The molecule has 100 valence electrons. The highest BCUT2D eigenvalue weighted by Gasteiger charge is 2.32. The van der Waals surface area contributed by atoms with Crippen LogP contribution in [0.15, 0.2) is 0 Å². The van der Waals surface area contributed by atoms with Crippen LogP contribution in [-0.4, -0.2) is 12.6 Å². The lowest BCUT2D eigenvalue weighted by Gasteiger charge is -2.37. The van der Waals surface area contributed by atoms with Gasteiger partial charge >= 0.3 is 0 Å². The van der Waals surface area contributed by atoms with Gasteiger partial charge in [-0.3, -0.25) is 0 Å². The second-order valence-corrected chi connectivity index (χ2v) is 6.50. The quantitative estimate of drug-likeness (QED) is 0.719. The lowest BCUT2D eigenvalue weighted by molar-refractivity contribution is 0.158. The maximum Gasteiger partial charge on any atom is 0.00978 e. The first kappa shape index (κ1) is 13.4. The van der Waals surface area contributed by atoms with Crippen LogP contribution in [0.4, 0.5) is 0 Å². The predicted octanol–water partition coefficient (Wildman–Crippen LogP) is 4.37. The van der Waals surface area contributed by atoms with Gasteiger partial charge in [0.25, 0.3) is 0 Å². The van der Waals surface area contributed by atoms with Crippen molar-refractivity contribution in [1.82, 2.24) is 5.32 Å². The summed E-state index contributed by atoms with van der Waals surface area (Å²) in [6.45, 7) is 5.89. The molecule has 1 nitrogen and oxygen atoms in total. The van der Waals surface area contributed by atoms with Crippen molar-refractivity contribution >= 4 is 0 Å². The average molecular weight is 237 g/mol. The Labute approximate surface area is 108 Å². The Morgan fingerprint density at radius 1 is 0.941 bits per heavy atom. The van der Waals surface area contributed by atoms with Crippen molar-refractivity contribution in [3.63, 3.8) is 0 Å². The molecule has 0 heterocycles. The van der Waals surface area contributed by atoms with Crippen molar-refractivity contribution in [2.75, 3.05) is 6.54 Å². The molecular weight excluding hydrogens is 206 g/mol. The third-order valence-corrected chi connectivity index (χ3v) is 5.12. The van der Waals surface area contributed by atoms with Crippen LogP contribution >= 0.6 is 0 Å². The molecule has 2 saturated carbocycles. The largest absolute Gasteiger partial charge is 0.314 e. The fourth-order valence-corrected chi connectivity index (χ4v) is 4.29. The van der Waals surface area contributed by atoms with Crippen molar-refractivity contribution < 1.29 is 0 Å². The second kappa shape index (κ2) is 6.78. The molecule has 1 heteroatoms. The summed E-state index contributed by atoms with van der Waals surface area (Å²) in [5, 5.41) is 3.79. The summed E-state index contributed by atoms with van der Waals surface area (Å²) in [5.74, 6) is 3.00. The molecule has 2 aliphatic carbocycles. The van der Waals surface area contributed by atoms with Gasteiger partial charge in [-0.05, 0) is 43.6 Å². The van der Waals surface area contributed by atoms with Crippen LogP contribution < -0.4 is 5.32 Å². The highest BCUT2D eigenvalue weighted by Crippen LogP contribution is 2.39. The first-order chi connectivity index (χ1) is 8.31. The molecule has 4 atom stereocenters. The maximum absolute atomic E-state index is 3.79. The van der Waals surface area contributed by atoms with Gasteiger partial charge in [0.1, 0.15) is 0 Å². The van der Waals surface area contributed by atoms with E-state index >= 15 is 0 Å². The summed E-state index contributed by atoms with van der Waals surface area (Å²) in [6.07, 6.45) is 13.3. The zero-order valence-electron chi connectivity index (χ0n) is 11.9. The molecular formula is C16H31N. The summed E-state index contributed by atoms with van der Waals surface area (Å²) >= 11 is 0. The van der Waals surface area contributed by atoms with E-state index in [4.69, 9.17) is 0 Å². The molecule has 1 N–H and O–H groups in total. The van der Waals surface area contributed by atoms with Crippen LogP contribution in [0.5, 0.6) is 0 Å². The third-order valence-electron chi connectivity index (χ3n) is 5.12. The molecule has 0 radical (unpaired) electrons. The Kier molecular flexibility index (Phi) is 5.34. The molecule has 0 spiro atoms. The second-order valence-electron chi connectivity index (χ2n) is 6.50. The van der Waals surface area contributed by atoms with E-state index in [0.29, 0.717) is 0 Å². The minimum absolute atomic E-state index is 0.831. The molecule has 0 bridgehead atoms. The number of rotatable bonds is 3. The topological polar surface area (TPSA) is 12.0 Å². The van der Waals surface area contributed by atoms with Crippen LogP contribution in [0, 0.1) is 17.8 Å². The highest BCUT2D eigenvalue weighted by molar-refractivity contribution is 4.86. The van der Waals surface area contributed by atoms with E-state index in [2.05, 4.69) is 19.2 Å². The SMILES string of the molecule is CCNC1CCCCCC1C1CCCC(C)C1. The Morgan fingerprint density at radius 2 is 1.76 bits per heavy atom. The van der Waals surface area contributed by atoms with E-state index in [1.807, 2.05) is 0 Å². The average Bonchev–Trinajstić information content (AvgIpc) is 2.55. The first-order valence-corrected chi connectivity index (χ1v) is 8.04. The van der Waals surface area contributed by atoms with E-state index in [0.717, 1.165) is 30.3 Å². The molecule has 4 unspecified atom stereocenters. The lowest BCUT2D eigenvalue weighted by Crippen LogP contribution is -2.40. The molecule has 0 aromatic carbocycles. The minimum Gasteiger partial charge on any atom is -0.314 e. The molecule has 2 fully saturated rings.